The Morgan fingerprint density at radius 2 is 1.14 bits per heavy atom. The van der Waals surface area contributed by atoms with Crippen molar-refractivity contribution in [2.45, 2.75) is 33.1 Å². The lowest BCUT2D eigenvalue weighted by molar-refractivity contribution is -0.141. The fourth-order valence-electron chi connectivity index (χ4n) is 2.08. The monoisotopic (exact) mass is 302 g/mol. The molecule has 0 rings (SSSR count). The Morgan fingerprint density at radius 1 is 0.762 bits per heavy atom. The van der Waals surface area contributed by atoms with Crippen molar-refractivity contribution in [3.8, 4) is 0 Å². The first-order chi connectivity index (χ1) is 10.1. The highest BCUT2D eigenvalue weighted by atomic mass is 16.5. The van der Waals surface area contributed by atoms with Crippen LogP contribution in [0.3, 0.4) is 0 Å². The van der Waals surface area contributed by atoms with Crippen LogP contribution in [0.15, 0.2) is 0 Å². The largest absolute Gasteiger partial charge is 0.469 e. The summed E-state index contributed by atoms with van der Waals surface area (Å²) in [5.41, 5.74) is 0. The first-order valence-corrected chi connectivity index (χ1v) is 7.65. The van der Waals surface area contributed by atoms with E-state index in [2.05, 4.69) is 33.1 Å². The molecule has 0 aromatic heterocycles. The molecule has 0 saturated heterocycles. The number of hydrogen-bond donors (Lipinski definition) is 0. The highest BCUT2D eigenvalue weighted by molar-refractivity contribution is 5.69. The molecule has 0 heterocycles. The van der Waals surface area contributed by atoms with E-state index >= 15 is 0 Å². The molecule has 0 aliphatic rings. The molecule has 6 nitrogen and oxygen atoms in total. The maximum atomic E-state index is 11.1. The second-order valence-corrected chi connectivity index (χ2v) is 4.87. The maximum Gasteiger partial charge on any atom is 0.306 e. The molecule has 0 aromatic carbocycles. The average Bonchev–Trinajstić information content (AvgIpc) is 2.52. The van der Waals surface area contributed by atoms with Gasteiger partial charge in [0.15, 0.2) is 0 Å². The van der Waals surface area contributed by atoms with Gasteiger partial charge in [-0.1, -0.05) is 13.8 Å². The van der Waals surface area contributed by atoms with Crippen LogP contribution in [0, 0.1) is 0 Å². The molecule has 0 aliphatic heterocycles. The van der Waals surface area contributed by atoms with Crippen molar-refractivity contribution in [3.05, 3.63) is 0 Å². The molecule has 0 unspecified atom stereocenters. The fraction of sp³-hybridized carbons (Fsp3) is 0.867. The van der Waals surface area contributed by atoms with E-state index in [1.54, 1.807) is 0 Å². The van der Waals surface area contributed by atoms with Crippen LogP contribution in [0.25, 0.3) is 0 Å². The van der Waals surface area contributed by atoms with Crippen molar-refractivity contribution in [1.82, 2.24) is 9.80 Å². The third-order valence-corrected chi connectivity index (χ3v) is 3.56. The zero-order valence-corrected chi connectivity index (χ0v) is 13.9. The minimum atomic E-state index is -0.165. The van der Waals surface area contributed by atoms with Crippen molar-refractivity contribution in [2.75, 3.05) is 53.5 Å². The number of esters is 2. The van der Waals surface area contributed by atoms with Gasteiger partial charge in [0.1, 0.15) is 0 Å². The highest BCUT2D eigenvalue weighted by Gasteiger charge is 2.09. The maximum absolute atomic E-state index is 11.1. The molecule has 0 aliphatic carbocycles. The van der Waals surface area contributed by atoms with Crippen LogP contribution in [0.4, 0.5) is 0 Å². The third kappa shape index (κ3) is 10.3. The van der Waals surface area contributed by atoms with E-state index in [1.165, 1.54) is 14.2 Å². The third-order valence-electron chi connectivity index (χ3n) is 3.56. The molecule has 0 saturated carbocycles. The zero-order valence-electron chi connectivity index (χ0n) is 13.9. The summed E-state index contributed by atoms with van der Waals surface area (Å²) in [5.74, 6) is -0.330. The van der Waals surface area contributed by atoms with Crippen LogP contribution in [0.5, 0.6) is 0 Å². The van der Waals surface area contributed by atoms with Gasteiger partial charge in [-0.05, 0) is 32.6 Å². The summed E-state index contributed by atoms with van der Waals surface area (Å²) in [4.78, 5) is 26.8. The van der Waals surface area contributed by atoms with E-state index in [-0.39, 0.29) is 11.9 Å². The summed E-state index contributed by atoms with van der Waals surface area (Å²) in [7, 11) is 2.83. The summed E-state index contributed by atoms with van der Waals surface area (Å²) in [5, 5.41) is 0. The van der Waals surface area contributed by atoms with Crippen molar-refractivity contribution < 1.29 is 19.1 Å². The lowest BCUT2D eigenvalue weighted by Crippen LogP contribution is -2.32. The van der Waals surface area contributed by atoms with Gasteiger partial charge in [0.25, 0.3) is 0 Å². The molecule has 0 aromatic rings. The Hall–Kier alpha value is -1.14. The van der Waals surface area contributed by atoms with Crippen molar-refractivity contribution in [3.63, 3.8) is 0 Å². The van der Waals surface area contributed by atoms with Gasteiger partial charge in [-0.3, -0.25) is 9.59 Å². The lowest BCUT2D eigenvalue weighted by atomic mass is 10.3. The number of methoxy groups -OCH3 is 2. The van der Waals surface area contributed by atoms with Crippen molar-refractivity contribution in [1.29, 1.82) is 0 Å². The Labute approximate surface area is 128 Å². The molecular formula is C15H30N2O4. The first-order valence-electron chi connectivity index (χ1n) is 7.65. The summed E-state index contributed by atoms with van der Waals surface area (Å²) in [6.45, 7) is 9.38. The number of rotatable bonds is 12. The molecule has 0 atom stereocenters. The number of ether oxygens (including phenoxy) is 2. The van der Waals surface area contributed by atoms with E-state index in [9.17, 15) is 9.59 Å². The summed E-state index contributed by atoms with van der Waals surface area (Å²) >= 11 is 0. The molecule has 21 heavy (non-hydrogen) atoms. The predicted octanol–water partition coefficient (Wildman–Crippen LogP) is 1.15. The molecule has 6 heteroatoms. The number of carbonyl (C=O) groups excluding carboxylic acids is 2. The first kappa shape index (κ1) is 19.9. The Bertz CT molecular complexity index is 269. The fourth-order valence-corrected chi connectivity index (χ4v) is 2.08. The number of nitrogens with zero attached hydrogens (tertiary/aromatic N) is 2. The molecule has 0 radical (unpaired) electrons. The SMILES string of the molecule is CCN(CCCN(CC)CCC(=O)OC)CCC(=O)OC. The summed E-state index contributed by atoms with van der Waals surface area (Å²) < 4.78 is 9.31. The Kier molecular flexibility index (Phi) is 11.9. The van der Waals surface area contributed by atoms with E-state index in [1.807, 2.05) is 0 Å². The van der Waals surface area contributed by atoms with Gasteiger partial charge in [-0.25, -0.2) is 0 Å². The second kappa shape index (κ2) is 12.6. The van der Waals surface area contributed by atoms with Crippen LogP contribution in [0.1, 0.15) is 33.1 Å². The molecular weight excluding hydrogens is 272 g/mol. The van der Waals surface area contributed by atoms with Gasteiger partial charge in [0.05, 0.1) is 27.1 Å². The summed E-state index contributed by atoms with van der Waals surface area (Å²) in [6, 6.07) is 0. The van der Waals surface area contributed by atoms with Gasteiger partial charge in [0, 0.05) is 13.1 Å². The van der Waals surface area contributed by atoms with Crippen LogP contribution < -0.4 is 0 Å². The second-order valence-electron chi connectivity index (χ2n) is 4.87. The predicted molar refractivity (Wildman–Crippen MR) is 82.1 cm³/mol. The molecule has 0 N–H and O–H groups in total. The van der Waals surface area contributed by atoms with E-state index in [0.717, 1.165) is 45.7 Å². The van der Waals surface area contributed by atoms with Crippen LogP contribution in [0.2, 0.25) is 0 Å². The molecule has 0 fully saturated rings. The van der Waals surface area contributed by atoms with Crippen LogP contribution in [-0.2, 0) is 19.1 Å². The van der Waals surface area contributed by atoms with Crippen LogP contribution >= 0.6 is 0 Å². The molecule has 0 spiro atoms. The molecule has 0 amide bonds. The van der Waals surface area contributed by atoms with Crippen molar-refractivity contribution >= 4 is 11.9 Å². The smallest absolute Gasteiger partial charge is 0.306 e. The zero-order chi connectivity index (χ0) is 16.1. The van der Waals surface area contributed by atoms with Gasteiger partial charge in [-0.15, -0.1) is 0 Å². The average molecular weight is 302 g/mol. The Morgan fingerprint density at radius 3 is 1.43 bits per heavy atom. The van der Waals surface area contributed by atoms with E-state index in [4.69, 9.17) is 0 Å². The standard InChI is InChI=1S/C15H30N2O4/c1-5-16(12-8-14(18)20-3)10-7-11-17(6-2)13-9-15(19)21-4/h5-13H2,1-4H3. The van der Waals surface area contributed by atoms with Gasteiger partial charge < -0.3 is 19.3 Å². The molecule has 124 valence electrons. The quantitative estimate of drug-likeness (QED) is 0.504. The van der Waals surface area contributed by atoms with E-state index in [0.29, 0.717) is 12.8 Å². The summed E-state index contributed by atoms with van der Waals surface area (Å²) in [6.07, 6.45) is 1.89. The van der Waals surface area contributed by atoms with Gasteiger partial charge >= 0.3 is 11.9 Å². The van der Waals surface area contributed by atoms with Gasteiger partial charge in [-0.2, -0.15) is 0 Å². The van der Waals surface area contributed by atoms with Crippen molar-refractivity contribution in [2.24, 2.45) is 0 Å². The topological polar surface area (TPSA) is 59.1 Å². The van der Waals surface area contributed by atoms with Crippen LogP contribution in [-0.4, -0.2) is 75.2 Å². The lowest BCUT2D eigenvalue weighted by Gasteiger charge is -2.23. The Balaban J connectivity index is 3.89. The van der Waals surface area contributed by atoms with E-state index < -0.39 is 0 Å². The number of carbonyl (C=O) groups is 2. The molecule has 0 bridgehead atoms. The number of hydrogen-bond acceptors (Lipinski definition) is 6. The minimum Gasteiger partial charge on any atom is -0.469 e. The highest BCUT2D eigenvalue weighted by Crippen LogP contribution is 1.99. The minimum absolute atomic E-state index is 0.165. The van der Waals surface area contributed by atoms with Gasteiger partial charge in [0.2, 0.25) is 0 Å². The normalized spacial score (nSPS) is 11.0.